The van der Waals surface area contributed by atoms with Crippen molar-refractivity contribution in [2.24, 2.45) is 0 Å². The van der Waals surface area contributed by atoms with Gasteiger partial charge in [-0.2, -0.15) is 0 Å². The standard InChI is InChI=1S/C16H14Cl2N2O/c1-20(9-11-12(17)5-4-6-13(11)18)10-16-19-14-7-2-3-8-15(14)21-16/h2-8H,9-10H2,1H3. The number of nitrogens with zero attached hydrogens (tertiary/aromatic N) is 2. The van der Waals surface area contributed by atoms with Gasteiger partial charge in [-0.15, -0.1) is 0 Å². The third kappa shape index (κ3) is 3.21. The van der Waals surface area contributed by atoms with Crippen LogP contribution in [0.4, 0.5) is 0 Å². The van der Waals surface area contributed by atoms with Gasteiger partial charge < -0.3 is 4.42 Å². The molecule has 3 rings (SSSR count). The summed E-state index contributed by atoms with van der Waals surface area (Å²) in [5.74, 6) is 0.682. The molecule has 3 aromatic rings. The smallest absolute Gasteiger partial charge is 0.209 e. The fourth-order valence-electron chi connectivity index (χ4n) is 2.23. The number of rotatable bonds is 4. The first kappa shape index (κ1) is 14.4. The topological polar surface area (TPSA) is 29.3 Å². The fourth-order valence-corrected chi connectivity index (χ4v) is 2.74. The van der Waals surface area contributed by atoms with Crippen molar-refractivity contribution < 1.29 is 4.42 Å². The van der Waals surface area contributed by atoms with E-state index in [0.29, 0.717) is 29.0 Å². The van der Waals surface area contributed by atoms with E-state index in [-0.39, 0.29) is 0 Å². The van der Waals surface area contributed by atoms with Crippen LogP contribution in [0.1, 0.15) is 11.5 Å². The average molecular weight is 321 g/mol. The van der Waals surface area contributed by atoms with Gasteiger partial charge in [-0.25, -0.2) is 4.98 Å². The number of aromatic nitrogens is 1. The molecule has 0 saturated heterocycles. The number of benzene rings is 2. The Morgan fingerprint density at radius 2 is 1.71 bits per heavy atom. The molecule has 0 amide bonds. The van der Waals surface area contributed by atoms with Gasteiger partial charge in [-0.1, -0.05) is 41.4 Å². The summed E-state index contributed by atoms with van der Waals surface area (Å²) >= 11 is 12.4. The molecule has 0 bridgehead atoms. The highest BCUT2D eigenvalue weighted by Crippen LogP contribution is 2.26. The van der Waals surface area contributed by atoms with Gasteiger partial charge in [-0.3, -0.25) is 4.90 Å². The molecular formula is C16H14Cl2N2O. The summed E-state index contributed by atoms with van der Waals surface area (Å²) < 4.78 is 5.72. The third-order valence-electron chi connectivity index (χ3n) is 3.23. The summed E-state index contributed by atoms with van der Waals surface area (Å²) in [7, 11) is 1.98. The van der Waals surface area contributed by atoms with E-state index < -0.39 is 0 Å². The van der Waals surface area contributed by atoms with Crippen LogP contribution in [-0.2, 0) is 13.1 Å². The molecule has 0 saturated carbocycles. The molecule has 0 aliphatic carbocycles. The molecule has 3 nitrogen and oxygen atoms in total. The van der Waals surface area contributed by atoms with Crippen molar-refractivity contribution in [1.29, 1.82) is 0 Å². The Bertz CT molecular complexity index is 717. The summed E-state index contributed by atoms with van der Waals surface area (Å²) in [6.07, 6.45) is 0. The molecule has 0 aliphatic heterocycles. The van der Waals surface area contributed by atoms with Crippen LogP contribution in [0.15, 0.2) is 46.9 Å². The zero-order chi connectivity index (χ0) is 14.8. The van der Waals surface area contributed by atoms with E-state index in [1.807, 2.05) is 49.5 Å². The summed E-state index contributed by atoms with van der Waals surface area (Å²) in [4.78, 5) is 6.53. The number of hydrogen-bond donors (Lipinski definition) is 0. The molecule has 2 aromatic carbocycles. The maximum atomic E-state index is 6.19. The molecule has 108 valence electrons. The summed E-state index contributed by atoms with van der Waals surface area (Å²) in [5.41, 5.74) is 2.59. The Hall–Kier alpha value is -1.55. The largest absolute Gasteiger partial charge is 0.439 e. The van der Waals surface area contributed by atoms with Gasteiger partial charge in [0.05, 0.1) is 6.54 Å². The molecule has 0 radical (unpaired) electrons. The van der Waals surface area contributed by atoms with E-state index >= 15 is 0 Å². The van der Waals surface area contributed by atoms with Crippen LogP contribution in [0, 0.1) is 0 Å². The van der Waals surface area contributed by atoms with Gasteiger partial charge in [0.15, 0.2) is 5.58 Å². The van der Waals surface area contributed by atoms with Gasteiger partial charge >= 0.3 is 0 Å². The van der Waals surface area contributed by atoms with Gasteiger partial charge in [0, 0.05) is 22.2 Å². The minimum absolute atomic E-state index is 0.593. The first-order valence-corrected chi connectivity index (χ1v) is 7.35. The molecular weight excluding hydrogens is 307 g/mol. The Kier molecular flexibility index (Phi) is 4.15. The zero-order valence-corrected chi connectivity index (χ0v) is 13.0. The van der Waals surface area contributed by atoms with E-state index in [2.05, 4.69) is 9.88 Å². The van der Waals surface area contributed by atoms with Crippen LogP contribution in [0.5, 0.6) is 0 Å². The quantitative estimate of drug-likeness (QED) is 0.693. The van der Waals surface area contributed by atoms with Crippen LogP contribution >= 0.6 is 23.2 Å². The van der Waals surface area contributed by atoms with Crippen molar-refractivity contribution >= 4 is 34.3 Å². The molecule has 0 N–H and O–H groups in total. The lowest BCUT2D eigenvalue weighted by atomic mass is 10.2. The van der Waals surface area contributed by atoms with Gasteiger partial charge in [0.25, 0.3) is 0 Å². The highest BCUT2D eigenvalue weighted by molar-refractivity contribution is 6.35. The van der Waals surface area contributed by atoms with Crippen LogP contribution in [0.2, 0.25) is 10.0 Å². The van der Waals surface area contributed by atoms with Crippen LogP contribution in [0.25, 0.3) is 11.1 Å². The molecule has 0 atom stereocenters. The summed E-state index contributed by atoms with van der Waals surface area (Å²) in [5, 5.41) is 1.35. The molecule has 0 spiro atoms. The van der Waals surface area contributed by atoms with Crippen molar-refractivity contribution in [1.82, 2.24) is 9.88 Å². The molecule has 21 heavy (non-hydrogen) atoms. The monoisotopic (exact) mass is 320 g/mol. The fraction of sp³-hybridized carbons (Fsp3) is 0.188. The molecule has 5 heteroatoms. The lowest BCUT2D eigenvalue weighted by Gasteiger charge is -2.16. The Morgan fingerprint density at radius 3 is 2.43 bits per heavy atom. The molecule has 0 aliphatic rings. The number of oxazole rings is 1. The number of hydrogen-bond acceptors (Lipinski definition) is 3. The van der Waals surface area contributed by atoms with E-state index in [1.165, 1.54) is 0 Å². The van der Waals surface area contributed by atoms with Crippen molar-refractivity contribution in [3.05, 3.63) is 64.0 Å². The van der Waals surface area contributed by atoms with Crippen molar-refractivity contribution in [3.63, 3.8) is 0 Å². The number of fused-ring (bicyclic) bond motifs is 1. The SMILES string of the molecule is CN(Cc1nc2ccccc2o1)Cc1c(Cl)cccc1Cl. The van der Waals surface area contributed by atoms with E-state index in [4.69, 9.17) is 27.6 Å². The van der Waals surface area contributed by atoms with Crippen LogP contribution in [0.3, 0.4) is 0 Å². The van der Waals surface area contributed by atoms with E-state index in [0.717, 1.165) is 16.7 Å². The maximum Gasteiger partial charge on any atom is 0.209 e. The zero-order valence-electron chi connectivity index (χ0n) is 11.5. The Labute approximate surface area is 133 Å². The lowest BCUT2D eigenvalue weighted by molar-refractivity contribution is 0.285. The predicted octanol–water partition coefficient (Wildman–Crippen LogP) is 4.77. The van der Waals surface area contributed by atoms with Crippen LogP contribution in [-0.4, -0.2) is 16.9 Å². The second-order valence-electron chi connectivity index (χ2n) is 4.95. The number of para-hydroxylation sites is 2. The third-order valence-corrected chi connectivity index (χ3v) is 3.94. The van der Waals surface area contributed by atoms with Crippen molar-refractivity contribution in [3.8, 4) is 0 Å². The molecule has 1 heterocycles. The normalized spacial score (nSPS) is 11.4. The summed E-state index contributed by atoms with van der Waals surface area (Å²) in [6, 6.07) is 13.3. The lowest BCUT2D eigenvalue weighted by Crippen LogP contribution is -2.17. The minimum atomic E-state index is 0.593. The van der Waals surface area contributed by atoms with Crippen LogP contribution < -0.4 is 0 Å². The number of halogens is 2. The van der Waals surface area contributed by atoms with Crippen molar-refractivity contribution in [2.75, 3.05) is 7.05 Å². The maximum absolute atomic E-state index is 6.19. The highest BCUT2D eigenvalue weighted by Gasteiger charge is 2.12. The minimum Gasteiger partial charge on any atom is -0.439 e. The summed E-state index contributed by atoms with van der Waals surface area (Å²) in [6.45, 7) is 1.23. The molecule has 0 unspecified atom stereocenters. The Balaban J connectivity index is 1.75. The van der Waals surface area contributed by atoms with Gasteiger partial charge in [0.2, 0.25) is 5.89 Å². The first-order valence-electron chi connectivity index (χ1n) is 6.59. The van der Waals surface area contributed by atoms with Gasteiger partial charge in [-0.05, 0) is 31.3 Å². The highest BCUT2D eigenvalue weighted by atomic mass is 35.5. The Morgan fingerprint density at radius 1 is 1.00 bits per heavy atom. The predicted molar refractivity (Wildman–Crippen MR) is 85.6 cm³/mol. The van der Waals surface area contributed by atoms with E-state index in [1.54, 1.807) is 0 Å². The first-order chi connectivity index (χ1) is 10.1. The molecule has 0 fully saturated rings. The second-order valence-corrected chi connectivity index (χ2v) is 5.76. The van der Waals surface area contributed by atoms with Gasteiger partial charge in [0.1, 0.15) is 5.52 Å². The average Bonchev–Trinajstić information content (AvgIpc) is 2.85. The van der Waals surface area contributed by atoms with Crippen molar-refractivity contribution in [2.45, 2.75) is 13.1 Å². The van der Waals surface area contributed by atoms with E-state index in [9.17, 15) is 0 Å². The molecule has 1 aromatic heterocycles. The second kappa shape index (κ2) is 6.06.